The number of halogens is 1. The minimum absolute atomic E-state index is 0.0362. The van der Waals surface area contributed by atoms with Gasteiger partial charge in [0.05, 0.1) is 11.7 Å². The van der Waals surface area contributed by atoms with Gasteiger partial charge in [-0.2, -0.15) is 13.5 Å². The molecule has 1 atom stereocenters. The van der Waals surface area contributed by atoms with Crippen LogP contribution in [0.25, 0.3) is 11.0 Å². The number of aryl methyl sites for hydroxylation is 1. The molecule has 0 aliphatic rings. The lowest BCUT2D eigenvalue weighted by molar-refractivity contribution is -0.117. The van der Waals surface area contributed by atoms with Crippen molar-refractivity contribution in [1.82, 2.24) is 13.5 Å². The fourth-order valence-electron chi connectivity index (χ4n) is 3.02. The van der Waals surface area contributed by atoms with Crippen LogP contribution < -0.4 is 10.0 Å². The van der Waals surface area contributed by atoms with Crippen LogP contribution in [-0.4, -0.2) is 23.1 Å². The van der Waals surface area contributed by atoms with Gasteiger partial charge in [0, 0.05) is 10.7 Å². The molecule has 1 heterocycles. The van der Waals surface area contributed by atoms with E-state index in [4.69, 9.17) is 11.6 Å². The Morgan fingerprint density at radius 3 is 2.55 bits per heavy atom. The van der Waals surface area contributed by atoms with Crippen molar-refractivity contribution >= 4 is 56.0 Å². The number of nitrogens with zero attached hydrogens (tertiary/aromatic N) is 2. The summed E-state index contributed by atoms with van der Waals surface area (Å²) in [5.74, 6) is -0.543. The molecule has 1 aromatic heterocycles. The first-order valence-electron chi connectivity index (χ1n) is 9.21. The fraction of sp³-hybridized carbons (Fsp3) is 0.0952. The Kier molecular flexibility index (Phi) is 6.01. The molecule has 2 N–H and O–H groups in total. The highest BCUT2D eigenvalue weighted by Gasteiger charge is 2.29. The van der Waals surface area contributed by atoms with Crippen molar-refractivity contribution in [3.8, 4) is 0 Å². The highest BCUT2D eigenvalue weighted by molar-refractivity contribution is 7.89. The second-order valence-corrected chi connectivity index (χ2v) is 9.42. The van der Waals surface area contributed by atoms with Crippen LogP contribution in [0.15, 0.2) is 71.6 Å². The molecule has 0 radical (unpaired) electrons. The van der Waals surface area contributed by atoms with Crippen LogP contribution in [0.2, 0.25) is 5.02 Å². The summed E-state index contributed by atoms with van der Waals surface area (Å²) in [4.78, 5) is 13.1. The van der Waals surface area contributed by atoms with Crippen molar-refractivity contribution in [2.24, 2.45) is 0 Å². The minimum Gasteiger partial charge on any atom is -0.324 e. The van der Waals surface area contributed by atoms with Gasteiger partial charge in [0.1, 0.15) is 22.0 Å². The predicted molar refractivity (Wildman–Crippen MR) is 122 cm³/mol. The molecule has 0 unspecified atom stereocenters. The highest BCUT2D eigenvalue weighted by atomic mass is 35.5. The maximum absolute atomic E-state index is 13.2. The second-order valence-electron chi connectivity index (χ2n) is 6.81. The van der Waals surface area contributed by atoms with Crippen molar-refractivity contribution in [3.05, 3.63) is 82.9 Å². The van der Waals surface area contributed by atoms with E-state index >= 15 is 0 Å². The van der Waals surface area contributed by atoms with Crippen molar-refractivity contribution in [1.29, 1.82) is 0 Å². The number of carbonyl (C=O) groups excluding carboxylic acids is 1. The van der Waals surface area contributed by atoms with Crippen LogP contribution in [0.5, 0.6) is 0 Å². The highest BCUT2D eigenvalue weighted by Crippen LogP contribution is 2.25. The maximum atomic E-state index is 13.2. The van der Waals surface area contributed by atoms with Gasteiger partial charge in [-0.3, -0.25) is 4.79 Å². The molecule has 158 valence electrons. The van der Waals surface area contributed by atoms with Crippen LogP contribution in [0.4, 0.5) is 5.69 Å². The Morgan fingerprint density at radius 2 is 1.81 bits per heavy atom. The molecule has 7 nitrogen and oxygen atoms in total. The van der Waals surface area contributed by atoms with E-state index in [2.05, 4.69) is 18.8 Å². The Balaban J connectivity index is 1.69. The van der Waals surface area contributed by atoms with Crippen LogP contribution in [0, 0.1) is 6.92 Å². The summed E-state index contributed by atoms with van der Waals surface area (Å²) < 4.78 is 37.1. The first kappa shape index (κ1) is 21.4. The lowest BCUT2D eigenvalue weighted by Gasteiger charge is -2.19. The third-order valence-corrected chi connectivity index (χ3v) is 7.05. The molecular formula is C21H17ClN4O3S2. The van der Waals surface area contributed by atoms with Crippen LogP contribution in [-0.2, 0) is 14.8 Å². The number of fused-ring (bicyclic) bond motifs is 1. The first-order chi connectivity index (χ1) is 14.8. The van der Waals surface area contributed by atoms with Gasteiger partial charge in [0.25, 0.3) is 0 Å². The summed E-state index contributed by atoms with van der Waals surface area (Å²) in [6, 6.07) is 17.2. The topological polar surface area (TPSA) is 101 Å². The zero-order valence-electron chi connectivity index (χ0n) is 16.2. The van der Waals surface area contributed by atoms with Gasteiger partial charge >= 0.3 is 0 Å². The van der Waals surface area contributed by atoms with E-state index in [-0.39, 0.29) is 10.4 Å². The molecule has 4 aromatic rings. The summed E-state index contributed by atoms with van der Waals surface area (Å²) >= 11 is 7.08. The van der Waals surface area contributed by atoms with Crippen LogP contribution in [0.1, 0.15) is 17.2 Å². The zero-order valence-corrected chi connectivity index (χ0v) is 18.6. The number of hydrogen-bond donors (Lipinski definition) is 2. The largest absolute Gasteiger partial charge is 0.324 e. The average Bonchev–Trinajstić information content (AvgIpc) is 3.24. The SMILES string of the molecule is Cc1ccc(NC(=O)[C@H](NS(=O)(=O)c2cccc3nsnc23)c2ccccc2)cc1Cl. The van der Waals surface area contributed by atoms with E-state index in [9.17, 15) is 13.2 Å². The summed E-state index contributed by atoms with van der Waals surface area (Å²) in [6.45, 7) is 1.85. The molecule has 1 amide bonds. The lowest BCUT2D eigenvalue weighted by Crippen LogP contribution is -2.37. The quantitative estimate of drug-likeness (QED) is 0.435. The van der Waals surface area contributed by atoms with E-state index < -0.39 is 22.0 Å². The number of amides is 1. The Hall–Kier alpha value is -2.85. The molecule has 10 heteroatoms. The zero-order chi connectivity index (χ0) is 22.0. The molecule has 3 aromatic carbocycles. The lowest BCUT2D eigenvalue weighted by atomic mass is 10.1. The van der Waals surface area contributed by atoms with Crippen molar-refractivity contribution in [3.63, 3.8) is 0 Å². The smallest absolute Gasteiger partial charge is 0.247 e. The van der Waals surface area contributed by atoms with E-state index in [1.54, 1.807) is 60.7 Å². The van der Waals surface area contributed by atoms with E-state index in [0.717, 1.165) is 17.3 Å². The summed E-state index contributed by atoms with van der Waals surface area (Å²) in [5.41, 5.74) is 2.56. The number of nitrogens with one attached hydrogen (secondary N) is 2. The monoisotopic (exact) mass is 472 g/mol. The molecule has 0 saturated heterocycles. The maximum Gasteiger partial charge on any atom is 0.247 e. The molecule has 0 saturated carbocycles. The number of sulfonamides is 1. The molecule has 4 rings (SSSR count). The molecule has 0 aliphatic heterocycles. The average molecular weight is 473 g/mol. The number of aromatic nitrogens is 2. The number of benzene rings is 3. The second kappa shape index (κ2) is 8.72. The van der Waals surface area contributed by atoms with Gasteiger partial charge in [-0.1, -0.05) is 54.1 Å². The predicted octanol–water partition coefficient (Wildman–Crippen LogP) is 4.31. The van der Waals surface area contributed by atoms with Gasteiger partial charge in [-0.15, -0.1) is 0 Å². The van der Waals surface area contributed by atoms with Gasteiger partial charge in [0.2, 0.25) is 15.9 Å². The molecule has 0 aliphatic carbocycles. The minimum atomic E-state index is -4.09. The first-order valence-corrected chi connectivity index (χ1v) is 11.8. The normalized spacial score (nSPS) is 12.6. The van der Waals surface area contributed by atoms with E-state index in [1.807, 2.05) is 6.92 Å². The molecule has 0 spiro atoms. The van der Waals surface area contributed by atoms with Gasteiger partial charge in [0.15, 0.2) is 0 Å². The summed E-state index contributed by atoms with van der Waals surface area (Å²) in [6.07, 6.45) is 0. The van der Waals surface area contributed by atoms with Gasteiger partial charge in [-0.05, 0) is 42.3 Å². The van der Waals surface area contributed by atoms with Crippen molar-refractivity contribution in [2.75, 3.05) is 5.32 Å². The van der Waals surface area contributed by atoms with E-state index in [1.165, 1.54) is 6.07 Å². The number of carbonyl (C=O) groups is 1. The fourth-order valence-corrected chi connectivity index (χ4v) is 5.15. The Labute approximate surface area is 188 Å². The van der Waals surface area contributed by atoms with Gasteiger partial charge < -0.3 is 5.32 Å². The number of hydrogen-bond acceptors (Lipinski definition) is 6. The van der Waals surface area contributed by atoms with Crippen molar-refractivity contribution < 1.29 is 13.2 Å². The van der Waals surface area contributed by atoms with Crippen molar-refractivity contribution in [2.45, 2.75) is 17.9 Å². The van der Waals surface area contributed by atoms with Crippen LogP contribution in [0.3, 0.4) is 0 Å². The molecular weight excluding hydrogens is 456 g/mol. The molecule has 0 bridgehead atoms. The number of anilines is 1. The molecule has 0 fully saturated rings. The standard InChI is InChI=1S/C21H17ClN4O3S2/c1-13-10-11-15(12-16(13)22)23-21(27)19(14-6-3-2-4-7-14)26-31(28,29)18-9-5-8-17-20(18)25-30-24-17/h2-12,19,26H,1H3,(H,23,27)/t19-/m1/s1. The Bertz CT molecular complexity index is 1360. The summed E-state index contributed by atoms with van der Waals surface area (Å²) in [7, 11) is -4.09. The van der Waals surface area contributed by atoms with Gasteiger partial charge in [-0.25, -0.2) is 8.42 Å². The molecule has 31 heavy (non-hydrogen) atoms. The van der Waals surface area contributed by atoms with Crippen LogP contribution >= 0.6 is 23.3 Å². The third-order valence-electron chi connectivity index (χ3n) is 4.65. The van der Waals surface area contributed by atoms with E-state index in [0.29, 0.717) is 21.8 Å². The Morgan fingerprint density at radius 1 is 1.03 bits per heavy atom. The summed E-state index contributed by atoms with van der Waals surface area (Å²) in [5, 5.41) is 3.24. The number of rotatable bonds is 6. The third kappa shape index (κ3) is 4.59.